The maximum absolute atomic E-state index is 12.5. The largest absolute Gasteiger partial charge is 0.341 e. The van der Waals surface area contributed by atoms with Crippen molar-refractivity contribution in [3.8, 4) is 0 Å². The van der Waals surface area contributed by atoms with Gasteiger partial charge in [-0.05, 0) is 56.7 Å². The van der Waals surface area contributed by atoms with Crippen LogP contribution in [0.2, 0.25) is 0 Å². The molecule has 3 rings (SSSR count). The number of hydrogen-bond acceptors (Lipinski definition) is 3. The molecule has 0 aliphatic carbocycles. The van der Waals surface area contributed by atoms with Crippen LogP contribution >= 0.6 is 0 Å². The van der Waals surface area contributed by atoms with E-state index in [9.17, 15) is 4.79 Å². The summed E-state index contributed by atoms with van der Waals surface area (Å²) in [6.45, 7) is 5.50. The highest BCUT2D eigenvalue weighted by Crippen LogP contribution is 2.21. The van der Waals surface area contributed by atoms with Crippen LogP contribution in [0.15, 0.2) is 30.3 Å². The van der Waals surface area contributed by atoms with Crippen molar-refractivity contribution >= 4 is 5.91 Å². The molecule has 23 heavy (non-hydrogen) atoms. The Labute approximate surface area is 139 Å². The molecule has 0 spiro atoms. The van der Waals surface area contributed by atoms with Gasteiger partial charge in [0.25, 0.3) is 0 Å². The van der Waals surface area contributed by atoms with Gasteiger partial charge in [-0.2, -0.15) is 0 Å². The monoisotopic (exact) mass is 315 g/mol. The number of nitrogens with zero attached hydrogens (tertiary/aromatic N) is 2. The van der Waals surface area contributed by atoms with E-state index in [1.807, 2.05) is 35.2 Å². The Morgan fingerprint density at radius 1 is 1.09 bits per heavy atom. The maximum atomic E-state index is 12.5. The number of carbonyl (C=O) groups excluding carboxylic acids is 1. The van der Waals surface area contributed by atoms with Crippen molar-refractivity contribution in [2.75, 3.05) is 32.7 Å². The van der Waals surface area contributed by atoms with Crippen LogP contribution in [-0.4, -0.2) is 54.5 Å². The van der Waals surface area contributed by atoms with Crippen LogP contribution in [0.1, 0.15) is 31.2 Å². The first-order valence-corrected chi connectivity index (χ1v) is 9.03. The zero-order valence-corrected chi connectivity index (χ0v) is 14.0. The van der Waals surface area contributed by atoms with Crippen LogP contribution in [0.25, 0.3) is 0 Å². The minimum atomic E-state index is -0.410. The molecule has 1 aromatic rings. The van der Waals surface area contributed by atoms with E-state index < -0.39 is 6.04 Å². The van der Waals surface area contributed by atoms with Crippen LogP contribution in [-0.2, 0) is 11.2 Å². The summed E-state index contributed by atoms with van der Waals surface area (Å²) in [7, 11) is 0. The molecule has 4 nitrogen and oxygen atoms in total. The smallest absolute Gasteiger partial charge is 0.239 e. The Morgan fingerprint density at radius 3 is 2.39 bits per heavy atom. The number of benzene rings is 1. The summed E-state index contributed by atoms with van der Waals surface area (Å²) in [5.41, 5.74) is 7.28. The molecule has 1 amide bonds. The fraction of sp³-hybridized carbons (Fsp3) is 0.632. The second-order valence-electron chi connectivity index (χ2n) is 7.07. The molecule has 1 aromatic carbocycles. The van der Waals surface area contributed by atoms with Crippen molar-refractivity contribution in [1.82, 2.24) is 9.80 Å². The highest BCUT2D eigenvalue weighted by molar-refractivity contribution is 5.82. The van der Waals surface area contributed by atoms with E-state index in [-0.39, 0.29) is 5.91 Å². The third-order valence-corrected chi connectivity index (χ3v) is 5.26. The number of hydrogen-bond donors (Lipinski definition) is 1. The van der Waals surface area contributed by atoms with Gasteiger partial charge in [0.2, 0.25) is 5.91 Å². The van der Waals surface area contributed by atoms with Gasteiger partial charge in [0.1, 0.15) is 0 Å². The summed E-state index contributed by atoms with van der Waals surface area (Å²) in [5.74, 6) is 0.871. The summed E-state index contributed by atoms with van der Waals surface area (Å²) in [4.78, 5) is 17.1. The predicted octanol–water partition coefficient (Wildman–Crippen LogP) is 1.89. The number of likely N-dealkylation sites (tertiary alicyclic amines) is 2. The Kier molecular flexibility index (Phi) is 5.68. The average molecular weight is 315 g/mol. The molecule has 0 radical (unpaired) electrons. The Bertz CT molecular complexity index is 491. The molecular formula is C19H29N3O. The van der Waals surface area contributed by atoms with E-state index in [1.54, 1.807) is 0 Å². The first-order valence-electron chi connectivity index (χ1n) is 9.03. The quantitative estimate of drug-likeness (QED) is 0.903. The van der Waals surface area contributed by atoms with Gasteiger partial charge in [0.15, 0.2) is 0 Å². The standard InChI is InChI=1S/C19H29N3O/c20-18(14-16-6-2-1-3-7-16)19(23)22-12-8-17(9-13-22)15-21-10-4-5-11-21/h1-3,6-7,17-18H,4-5,8-15,20H2. The summed E-state index contributed by atoms with van der Waals surface area (Å²) in [5, 5.41) is 0. The van der Waals surface area contributed by atoms with Crippen LogP contribution in [0.4, 0.5) is 0 Å². The van der Waals surface area contributed by atoms with Gasteiger partial charge in [-0.25, -0.2) is 0 Å². The molecule has 1 atom stereocenters. The van der Waals surface area contributed by atoms with Crippen molar-refractivity contribution in [2.24, 2.45) is 11.7 Å². The van der Waals surface area contributed by atoms with E-state index in [0.717, 1.165) is 37.4 Å². The van der Waals surface area contributed by atoms with Crippen LogP contribution < -0.4 is 5.73 Å². The van der Waals surface area contributed by atoms with E-state index in [1.165, 1.54) is 32.5 Å². The molecule has 2 aliphatic rings. The number of piperidine rings is 1. The predicted molar refractivity (Wildman–Crippen MR) is 93.1 cm³/mol. The van der Waals surface area contributed by atoms with Crippen molar-refractivity contribution in [1.29, 1.82) is 0 Å². The molecule has 4 heteroatoms. The molecule has 2 heterocycles. The third kappa shape index (κ3) is 4.55. The molecule has 2 fully saturated rings. The van der Waals surface area contributed by atoms with Crippen molar-refractivity contribution in [3.63, 3.8) is 0 Å². The Morgan fingerprint density at radius 2 is 1.74 bits per heavy atom. The second kappa shape index (κ2) is 7.93. The number of nitrogens with two attached hydrogens (primary N) is 1. The van der Waals surface area contributed by atoms with Gasteiger partial charge in [-0.3, -0.25) is 4.79 Å². The average Bonchev–Trinajstić information content (AvgIpc) is 3.09. The second-order valence-corrected chi connectivity index (χ2v) is 7.07. The van der Waals surface area contributed by atoms with Gasteiger partial charge in [-0.1, -0.05) is 30.3 Å². The fourth-order valence-electron chi connectivity index (χ4n) is 3.86. The normalized spacial score (nSPS) is 21.5. The highest BCUT2D eigenvalue weighted by atomic mass is 16.2. The first-order chi connectivity index (χ1) is 11.2. The SMILES string of the molecule is NC(Cc1ccccc1)C(=O)N1CCC(CN2CCCC2)CC1. The molecule has 0 bridgehead atoms. The van der Waals surface area contributed by atoms with Gasteiger partial charge in [0.05, 0.1) is 6.04 Å². The topological polar surface area (TPSA) is 49.6 Å². The van der Waals surface area contributed by atoms with Gasteiger partial charge in [0, 0.05) is 19.6 Å². The van der Waals surface area contributed by atoms with E-state index in [0.29, 0.717) is 6.42 Å². The zero-order valence-electron chi connectivity index (χ0n) is 14.0. The lowest BCUT2D eigenvalue weighted by molar-refractivity contribution is -0.134. The lowest BCUT2D eigenvalue weighted by atomic mass is 9.95. The van der Waals surface area contributed by atoms with E-state index >= 15 is 0 Å². The Hall–Kier alpha value is -1.39. The molecule has 0 aromatic heterocycles. The molecule has 2 N–H and O–H groups in total. The molecule has 2 aliphatic heterocycles. The van der Waals surface area contributed by atoms with Crippen LogP contribution in [0.5, 0.6) is 0 Å². The number of amides is 1. The summed E-state index contributed by atoms with van der Waals surface area (Å²) in [6.07, 6.45) is 5.59. The van der Waals surface area contributed by atoms with Crippen LogP contribution in [0.3, 0.4) is 0 Å². The van der Waals surface area contributed by atoms with Gasteiger partial charge >= 0.3 is 0 Å². The molecule has 2 saturated heterocycles. The van der Waals surface area contributed by atoms with Crippen molar-refractivity contribution in [3.05, 3.63) is 35.9 Å². The lowest BCUT2D eigenvalue weighted by Crippen LogP contribution is -2.48. The fourth-order valence-corrected chi connectivity index (χ4v) is 3.86. The van der Waals surface area contributed by atoms with E-state index in [2.05, 4.69) is 4.90 Å². The van der Waals surface area contributed by atoms with Crippen molar-refractivity contribution < 1.29 is 4.79 Å². The zero-order chi connectivity index (χ0) is 16.1. The molecule has 0 saturated carbocycles. The highest BCUT2D eigenvalue weighted by Gasteiger charge is 2.27. The first kappa shape index (κ1) is 16.5. The lowest BCUT2D eigenvalue weighted by Gasteiger charge is -2.35. The molecule has 126 valence electrons. The Balaban J connectivity index is 1.44. The summed E-state index contributed by atoms with van der Waals surface area (Å²) < 4.78 is 0. The van der Waals surface area contributed by atoms with E-state index in [4.69, 9.17) is 5.73 Å². The van der Waals surface area contributed by atoms with Crippen molar-refractivity contribution in [2.45, 2.75) is 38.1 Å². The maximum Gasteiger partial charge on any atom is 0.239 e. The third-order valence-electron chi connectivity index (χ3n) is 5.26. The minimum Gasteiger partial charge on any atom is -0.341 e. The van der Waals surface area contributed by atoms with Gasteiger partial charge < -0.3 is 15.5 Å². The number of carbonyl (C=O) groups is 1. The number of rotatable bonds is 5. The molecule has 1 unspecified atom stereocenters. The van der Waals surface area contributed by atoms with Gasteiger partial charge in [-0.15, -0.1) is 0 Å². The minimum absolute atomic E-state index is 0.119. The molecular weight excluding hydrogens is 286 g/mol. The summed E-state index contributed by atoms with van der Waals surface area (Å²) in [6, 6.07) is 9.65. The summed E-state index contributed by atoms with van der Waals surface area (Å²) >= 11 is 0. The van der Waals surface area contributed by atoms with Crippen LogP contribution in [0, 0.1) is 5.92 Å².